The molecule has 0 aromatic rings. The summed E-state index contributed by atoms with van der Waals surface area (Å²) < 4.78 is 0. The molecule has 0 aliphatic carbocycles. The van der Waals surface area contributed by atoms with Crippen LogP contribution in [-0.2, 0) is 4.79 Å². The molecule has 0 rings (SSSR count). The second-order valence-electron chi connectivity index (χ2n) is 9.87. The lowest BCUT2D eigenvalue weighted by Crippen LogP contribution is -2.42. The first-order valence-corrected chi connectivity index (χ1v) is 12.3. The maximum Gasteiger partial charge on any atom is 0.225 e. The van der Waals surface area contributed by atoms with Gasteiger partial charge in [-0.15, -0.1) is 0 Å². The summed E-state index contributed by atoms with van der Waals surface area (Å²) in [5.74, 6) is 0.844. The van der Waals surface area contributed by atoms with Gasteiger partial charge in [0.15, 0.2) is 0 Å². The summed E-state index contributed by atoms with van der Waals surface area (Å²) >= 11 is 0. The highest BCUT2D eigenvalue weighted by atomic mass is 16.2. The van der Waals surface area contributed by atoms with Crippen LogP contribution in [-0.4, -0.2) is 11.9 Å². The van der Waals surface area contributed by atoms with Gasteiger partial charge in [0.05, 0.1) is 0 Å². The van der Waals surface area contributed by atoms with Gasteiger partial charge in [-0.2, -0.15) is 0 Å². The molecule has 2 heteroatoms. The van der Waals surface area contributed by atoms with Crippen molar-refractivity contribution < 1.29 is 4.79 Å². The fourth-order valence-corrected chi connectivity index (χ4v) is 3.76. The number of allylic oxidation sites excluding steroid dienone is 2. The Kier molecular flexibility index (Phi) is 16.6. The highest BCUT2D eigenvalue weighted by Gasteiger charge is 2.27. The Hall–Kier alpha value is -0.790. The van der Waals surface area contributed by atoms with E-state index in [0.717, 1.165) is 19.3 Å². The minimum atomic E-state index is -0.248. The number of hydrogen-bond acceptors (Lipinski definition) is 1. The summed E-state index contributed by atoms with van der Waals surface area (Å²) in [6.07, 6.45) is 22.5. The van der Waals surface area contributed by atoms with Crippen molar-refractivity contribution in [1.29, 1.82) is 0 Å². The Morgan fingerprint density at radius 1 is 0.821 bits per heavy atom. The number of rotatable bonds is 18. The molecule has 1 unspecified atom stereocenters. The molecule has 2 nitrogen and oxygen atoms in total. The van der Waals surface area contributed by atoms with Crippen molar-refractivity contribution in [2.45, 2.75) is 137 Å². The standard InChI is InChI=1S/C26H51NO/c1-7-8-9-10-11-12-13-14-15-16-17-18-19-20-21-26(5,6)25(28)27-24(4)22-23(2)3/h14-15,23-24H,7-13,16-22H2,1-6H3,(H,27,28)/b15-14-. The smallest absolute Gasteiger partial charge is 0.225 e. The molecular weight excluding hydrogens is 342 g/mol. The molecule has 0 fully saturated rings. The Bertz CT molecular complexity index is 397. The Morgan fingerprint density at radius 3 is 1.86 bits per heavy atom. The largest absolute Gasteiger partial charge is 0.353 e. The second-order valence-corrected chi connectivity index (χ2v) is 9.87. The first-order chi connectivity index (χ1) is 13.3. The van der Waals surface area contributed by atoms with E-state index in [9.17, 15) is 4.79 Å². The molecule has 0 saturated heterocycles. The molecule has 0 heterocycles. The van der Waals surface area contributed by atoms with E-state index in [1.807, 2.05) is 0 Å². The lowest BCUT2D eigenvalue weighted by atomic mass is 9.85. The normalized spacial score (nSPS) is 13.4. The number of hydrogen-bond donors (Lipinski definition) is 1. The molecule has 0 aliphatic heterocycles. The summed E-state index contributed by atoms with van der Waals surface area (Å²) in [5.41, 5.74) is -0.248. The molecule has 0 aromatic carbocycles. The third-order valence-corrected chi connectivity index (χ3v) is 5.63. The van der Waals surface area contributed by atoms with Gasteiger partial charge < -0.3 is 5.32 Å². The van der Waals surface area contributed by atoms with Gasteiger partial charge in [0.1, 0.15) is 0 Å². The summed E-state index contributed by atoms with van der Waals surface area (Å²) in [4.78, 5) is 12.5. The fraction of sp³-hybridized carbons (Fsp3) is 0.885. The minimum absolute atomic E-state index is 0.221. The lowest BCUT2D eigenvalue weighted by molar-refractivity contribution is -0.130. The van der Waals surface area contributed by atoms with E-state index in [2.05, 4.69) is 59.0 Å². The van der Waals surface area contributed by atoms with E-state index in [1.165, 1.54) is 70.6 Å². The zero-order valence-corrected chi connectivity index (χ0v) is 20.1. The van der Waals surface area contributed by atoms with Crippen LogP contribution in [0.5, 0.6) is 0 Å². The van der Waals surface area contributed by atoms with Gasteiger partial charge in [-0.3, -0.25) is 4.79 Å². The van der Waals surface area contributed by atoms with Crippen LogP contribution < -0.4 is 5.32 Å². The zero-order valence-electron chi connectivity index (χ0n) is 20.1. The lowest BCUT2D eigenvalue weighted by Gasteiger charge is -2.26. The predicted molar refractivity (Wildman–Crippen MR) is 126 cm³/mol. The molecule has 1 atom stereocenters. The third kappa shape index (κ3) is 16.2. The molecule has 1 amide bonds. The number of nitrogens with one attached hydrogen (secondary N) is 1. The maximum absolute atomic E-state index is 12.5. The van der Waals surface area contributed by atoms with E-state index in [1.54, 1.807) is 0 Å². The first-order valence-electron chi connectivity index (χ1n) is 12.3. The van der Waals surface area contributed by atoms with Gasteiger partial charge >= 0.3 is 0 Å². The van der Waals surface area contributed by atoms with Crippen LogP contribution in [0.1, 0.15) is 131 Å². The molecule has 0 spiro atoms. The van der Waals surface area contributed by atoms with E-state index < -0.39 is 0 Å². The van der Waals surface area contributed by atoms with Crippen LogP contribution in [0, 0.1) is 11.3 Å². The fourth-order valence-electron chi connectivity index (χ4n) is 3.76. The second kappa shape index (κ2) is 17.1. The van der Waals surface area contributed by atoms with Crippen LogP contribution in [0.3, 0.4) is 0 Å². The highest BCUT2D eigenvalue weighted by Crippen LogP contribution is 2.25. The van der Waals surface area contributed by atoms with Crippen LogP contribution in [0.4, 0.5) is 0 Å². The Morgan fingerprint density at radius 2 is 1.32 bits per heavy atom. The third-order valence-electron chi connectivity index (χ3n) is 5.63. The van der Waals surface area contributed by atoms with Gasteiger partial charge in [0.25, 0.3) is 0 Å². The summed E-state index contributed by atoms with van der Waals surface area (Å²) in [5, 5.41) is 3.20. The monoisotopic (exact) mass is 393 g/mol. The van der Waals surface area contributed by atoms with Crippen molar-refractivity contribution in [3.8, 4) is 0 Å². The van der Waals surface area contributed by atoms with Crippen molar-refractivity contribution in [1.82, 2.24) is 5.32 Å². The molecule has 28 heavy (non-hydrogen) atoms. The summed E-state index contributed by atoms with van der Waals surface area (Å²) in [6, 6.07) is 0.273. The molecular formula is C26H51NO. The number of unbranched alkanes of at least 4 members (excludes halogenated alkanes) is 10. The van der Waals surface area contributed by atoms with Crippen LogP contribution in [0.15, 0.2) is 12.2 Å². The molecule has 1 N–H and O–H groups in total. The summed E-state index contributed by atoms with van der Waals surface area (Å²) in [7, 11) is 0. The van der Waals surface area contributed by atoms with Gasteiger partial charge in [0.2, 0.25) is 5.91 Å². The molecule has 0 aliphatic rings. The molecule has 166 valence electrons. The first kappa shape index (κ1) is 27.2. The SMILES string of the molecule is CCCCCCCC/C=C\CCCCCCC(C)(C)C(=O)NC(C)CC(C)C. The van der Waals surface area contributed by atoms with Crippen molar-refractivity contribution in [3.63, 3.8) is 0 Å². The van der Waals surface area contributed by atoms with Crippen LogP contribution in [0.2, 0.25) is 0 Å². The van der Waals surface area contributed by atoms with Crippen LogP contribution in [0.25, 0.3) is 0 Å². The molecule has 0 saturated carbocycles. The highest BCUT2D eigenvalue weighted by molar-refractivity contribution is 5.81. The molecule has 0 radical (unpaired) electrons. The topological polar surface area (TPSA) is 29.1 Å². The Balaban J connectivity index is 3.65. The van der Waals surface area contributed by atoms with Gasteiger partial charge in [0, 0.05) is 11.5 Å². The number of amides is 1. The average molecular weight is 394 g/mol. The van der Waals surface area contributed by atoms with Gasteiger partial charge in [-0.1, -0.05) is 98.1 Å². The van der Waals surface area contributed by atoms with Gasteiger partial charge in [-0.05, 0) is 51.4 Å². The van der Waals surface area contributed by atoms with E-state index >= 15 is 0 Å². The van der Waals surface area contributed by atoms with Crippen molar-refractivity contribution >= 4 is 5.91 Å². The van der Waals surface area contributed by atoms with Gasteiger partial charge in [-0.25, -0.2) is 0 Å². The zero-order chi connectivity index (χ0) is 21.3. The maximum atomic E-state index is 12.5. The van der Waals surface area contributed by atoms with Crippen molar-refractivity contribution in [3.05, 3.63) is 12.2 Å². The summed E-state index contributed by atoms with van der Waals surface area (Å²) in [6.45, 7) is 13.0. The molecule has 0 aromatic heterocycles. The number of carbonyl (C=O) groups excluding carboxylic acids is 1. The van der Waals surface area contributed by atoms with Crippen molar-refractivity contribution in [2.24, 2.45) is 11.3 Å². The number of carbonyl (C=O) groups is 1. The van der Waals surface area contributed by atoms with Crippen LogP contribution >= 0.6 is 0 Å². The van der Waals surface area contributed by atoms with Crippen molar-refractivity contribution in [2.75, 3.05) is 0 Å². The average Bonchev–Trinajstić information content (AvgIpc) is 2.61. The minimum Gasteiger partial charge on any atom is -0.353 e. The van der Waals surface area contributed by atoms with E-state index in [0.29, 0.717) is 5.92 Å². The quantitative estimate of drug-likeness (QED) is 0.184. The van der Waals surface area contributed by atoms with E-state index in [4.69, 9.17) is 0 Å². The Labute approximate surface area is 177 Å². The predicted octanol–water partition coefficient (Wildman–Crippen LogP) is 8.21. The molecule has 0 bridgehead atoms. The van der Waals surface area contributed by atoms with E-state index in [-0.39, 0.29) is 17.4 Å².